The molecule has 0 atom stereocenters. The van der Waals surface area contributed by atoms with Crippen LogP contribution in [-0.2, 0) is 0 Å². The lowest BCUT2D eigenvalue weighted by Crippen LogP contribution is -2.09. The summed E-state index contributed by atoms with van der Waals surface area (Å²) in [6.45, 7) is 0. The Morgan fingerprint density at radius 3 is 1.71 bits per heavy atom. The van der Waals surface area contributed by atoms with Crippen molar-refractivity contribution in [3.05, 3.63) is 206 Å². The zero-order valence-corrected chi connectivity index (χ0v) is 30.7. The molecule has 0 fully saturated rings. The maximum atomic E-state index is 2.42. The normalized spacial score (nSPS) is 11.6. The van der Waals surface area contributed by atoms with Gasteiger partial charge >= 0.3 is 0 Å². The molecule has 0 spiro atoms. The second-order valence-corrected chi connectivity index (χ2v) is 15.3. The molecule has 2 aromatic heterocycles. The molecule has 0 saturated heterocycles. The van der Waals surface area contributed by atoms with Crippen molar-refractivity contribution in [2.45, 2.75) is 0 Å². The molecular weight excluding hydrogens is 685 g/mol. The largest absolute Gasteiger partial charge is 0.310 e. The second kappa shape index (κ2) is 12.9. The Morgan fingerprint density at radius 1 is 0.327 bits per heavy atom. The van der Waals surface area contributed by atoms with Gasteiger partial charge in [-0.25, -0.2) is 0 Å². The molecule has 258 valence electrons. The zero-order valence-electron chi connectivity index (χ0n) is 29.9. The number of hydrogen-bond acceptors (Lipinski definition) is 2. The summed E-state index contributed by atoms with van der Waals surface area (Å²) in [5.41, 5.74) is 11.8. The number of anilines is 3. The fourth-order valence-corrected chi connectivity index (χ4v) is 9.37. The molecule has 11 aromatic rings. The van der Waals surface area contributed by atoms with E-state index < -0.39 is 0 Å². The molecule has 2 nitrogen and oxygen atoms in total. The van der Waals surface area contributed by atoms with E-state index in [0.717, 1.165) is 17.1 Å². The Hall–Kier alpha value is -6.94. The van der Waals surface area contributed by atoms with Gasteiger partial charge in [0.05, 0.1) is 11.0 Å². The van der Waals surface area contributed by atoms with Crippen molar-refractivity contribution in [1.29, 1.82) is 0 Å². The lowest BCUT2D eigenvalue weighted by Gasteiger charge is -2.26. The van der Waals surface area contributed by atoms with Crippen LogP contribution >= 0.6 is 11.3 Å². The Balaban J connectivity index is 0.995. The smallest absolute Gasteiger partial charge is 0.0541 e. The molecule has 0 radical (unpaired) electrons. The van der Waals surface area contributed by atoms with Crippen molar-refractivity contribution in [3.63, 3.8) is 0 Å². The third-order valence-electron chi connectivity index (χ3n) is 11.0. The number of rotatable bonds is 6. The standard InChI is InChI=1S/C52H34N2S/c1-2-10-35(11-3-1)37-18-24-41(25-19-37)53(43-28-22-36-12-4-5-13-39(36)32-43)42-26-20-38(21-27-42)40-23-30-50-47(33-40)45-14-6-8-16-49(45)54(50)44-29-31-52-48(34-44)46-15-7-9-17-51(46)55-52/h1-34H. The highest BCUT2D eigenvalue weighted by molar-refractivity contribution is 7.25. The molecule has 2 heterocycles. The van der Waals surface area contributed by atoms with Crippen LogP contribution in [0.15, 0.2) is 206 Å². The van der Waals surface area contributed by atoms with Crippen LogP contribution in [0.2, 0.25) is 0 Å². The summed E-state index contributed by atoms with van der Waals surface area (Å²) in [5.74, 6) is 0. The van der Waals surface area contributed by atoms with Crippen LogP contribution in [0.1, 0.15) is 0 Å². The highest BCUT2D eigenvalue weighted by Gasteiger charge is 2.17. The fourth-order valence-electron chi connectivity index (χ4n) is 8.28. The topological polar surface area (TPSA) is 8.17 Å². The van der Waals surface area contributed by atoms with Gasteiger partial charge in [-0.3, -0.25) is 0 Å². The van der Waals surface area contributed by atoms with E-state index in [9.17, 15) is 0 Å². The first-order valence-electron chi connectivity index (χ1n) is 18.7. The van der Waals surface area contributed by atoms with E-state index in [1.807, 2.05) is 11.3 Å². The van der Waals surface area contributed by atoms with Gasteiger partial charge in [-0.05, 0) is 112 Å². The second-order valence-electron chi connectivity index (χ2n) is 14.2. The molecule has 55 heavy (non-hydrogen) atoms. The summed E-state index contributed by atoms with van der Waals surface area (Å²) in [6, 6.07) is 75.2. The summed E-state index contributed by atoms with van der Waals surface area (Å²) in [6.07, 6.45) is 0. The van der Waals surface area contributed by atoms with Crippen molar-refractivity contribution in [2.75, 3.05) is 4.90 Å². The summed E-state index contributed by atoms with van der Waals surface area (Å²) in [5, 5.41) is 7.60. The maximum absolute atomic E-state index is 2.42. The molecule has 0 unspecified atom stereocenters. The Morgan fingerprint density at radius 2 is 0.909 bits per heavy atom. The molecule has 0 amide bonds. The minimum atomic E-state index is 1.11. The molecule has 0 saturated carbocycles. The van der Waals surface area contributed by atoms with Crippen LogP contribution in [0.5, 0.6) is 0 Å². The summed E-state index contributed by atoms with van der Waals surface area (Å²) in [7, 11) is 0. The Bertz CT molecular complexity index is 3190. The van der Waals surface area contributed by atoms with E-state index in [1.165, 1.54) is 80.7 Å². The van der Waals surface area contributed by atoms with E-state index in [4.69, 9.17) is 0 Å². The molecule has 0 aliphatic carbocycles. The number of thiophene rings is 1. The van der Waals surface area contributed by atoms with Crippen molar-refractivity contribution in [3.8, 4) is 27.9 Å². The van der Waals surface area contributed by atoms with E-state index >= 15 is 0 Å². The van der Waals surface area contributed by atoms with Crippen molar-refractivity contribution in [1.82, 2.24) is 4.57 Å². The molecular formula is C52H34N2S. The molecule has 9 aromatic carbocycles. The number of nitrogens with zero attached hydrogens (tertiary/aromatic N) is 2. The first kappa shape index (κ1) is 31.6. The van der Waals surface area contributed by atoms with Crippen molar-refractivity contribution < 1.29 is 0 Å². The Labute approximate surface area is 323 Å². The average molecular weight is 719 g/mol. The quantitative estimate of drug-likeness (QED) is 0.166. The predicted molar refractivity (Wildman–Crippen MR) is 237 cm³/mol. The molecule has 0 aliphatic rings. The van der Waals surface area contributed by atoms with Gasteiger partial charge in [0.1, 0.15) is 0 Å². The van der Waals surface area contributed by atoms with Crippen LogP contribution in [0.25, 0.3) is 80.7 Å². The molecule has 0 N–H and O–H groups in total. The number of aromatic nitrogens is 1. The van der Waals surface area contributed by atoms with Gasteiger partial charge in [0.25, 0.3) is 0 Å². The molecule has 0 aliphatic heterocycles. The highest BCUT2D eigenvalue weighted by Crippen LogP contribution is 2.41. The summed E-state index contributed by atoms with van der Waals surface area (Å²) >= 11 is 1.86. The van der Waals surface area contributed by atoms with Crippen molar-refractivity contribution in [2.24, 2.45) is 0 Å². The molecule has 11 rings (SSSR count). The monoisotopic (exact) mass is 718 g/mol. The van der Waals surface area contributed by atoms with Gasteiger partial charge in [-0.2, -0.15) is 0 Å². The van der Waals surface area contributed by atoms with Gasteiger partial charge in [-0.15, -0.1) is 11.3 Å². The van der Waals surface area contributed by atoms with Crippen LogP contribution in [0.3, 0.4) is 0 Å². The van der Waals surface area contributed by atoms with Gasteiger partial charge in [0.15, 0.2) is 0 Å². The van der Waals surface area contributed by atoms with E-state index in [-0.39, 0.29) is 0 Å². The number of benzene rings is 9. The van der Waals surface area contributed by atoms with Crippen molar-refractivity contribution >= 4 is 81.1 Å². The Kier molecular flexibility index (Phi) is 7.39. The highest BCUT2D eigenvalue weighted by atomic mass is 32.1. The van der Waals surface area contributed by atoms with E-state index in [1.54, 1.807) is 0 Å². The fraction of sp³-hybridized carbons (Fsp3) is 0. The molecule has 3 heteroatoms. The summed E-state index contributed by atoms with van der Waals surface area (Å²) in [4.78, 5) is 2.36. The van der Waals surface area contributed by atoms with Crippen LogP contribution in [-0.4, -0.2) is 4.57 Å². The van der Waals surface area contributed by atoms with Gasteiger partial charge in [0, 0.05) is 53.7 Å². The van der Waals surface area contributed by atoms with E-state index in [2.05, 4.69) is 216 Å². The summed E-state index contributed by atoms with van der Waals surface area (Å²) < 4.78 is 5.07. The number of para-hydroxylation sites is 1. The van der Waals surface area contributed by atoms with Crippen LogP contribution in [0, 0.1) is 0 Å². The first-order chi connectivity index (χ1) is 27.2. The average Bonchev–Trinajstić information content (AvgIpc) is 3.79. The maximum Gasteiger partial charge on any atom is 0.0541 e. The third kappa shape index (κ3) is 5.40. The van der Waals surface area contributed by atoms with Gasteiger partial charge < -0.3 is 9.47 Å². The SMILES string of the molecule is c1ccc(-c2ccc(N(c3ccc(-c4ccc5c(c4)c4ccccc4n5-c4ccc5sc6ccccc6c5c4)cc3)c3ccc4ccccc4c3)cc2)cc1. The third-order valence-corrected chi connectivity index (χ3v) is 12.1. The lowest BCUT2D eigenvalue weighted by atomic mass is 10.0. The molecule has 0 bridgehead atoms. The predicted octanol–water partition coefficient (Wildman–Crippen LogP) is 15.1. The minimum Gasteiger partial charge on any atom is -0.310 e. The first-order valence-corrected chi connectivity index (χ1v) is 19.6. The minimum absolute atomic E-state index is 1.11. The number of fused-ring (bicyclic) bond motifs is 7. The number of hydrogen-bond donors (Lipinski definition) is 0. The van der Waals surface area contributed by atoms with Crippen LogP contribution < -0.4 is 4.90 Å². The van der Waals surface area contributed by atoms with Gasteiger partial charge in [-0.1, -0.05) is 127 Å². The van der Waals surface area contributed by atoms with Gasteiger partial charge in [0.2, 0.25) is 0 Å². The van der Waals surface area contributed by atoms with Crippen LogP contribution in [0.4, 0.5) is 17.1 Å². The zero-order chi connectivity index (χ0) is 36.3. The lowest BCUT2D eigenvalue weighted by molar-refractivity contribution is 1.19. The van der Waals surface area contributed by atoms with E-state index in [0.29, 0.717) is 0 Å².